The molecule has 2 aliphatic heterocycles. The molecule has 6 heteroatoms. The van der Waals surface area contributed by atoms with E-state index in [0.29, 0.717) is 23.4 Å². The Morgan fingerprint density at radius 3 is 2.71 bits per heavy atom. The van der Waals surface area contributed by atoms with Gasteiger partial charge in [0.05, 0.1) is 16.7 Å². The van der Waals surface area contributed by atoms with Crippen LogP contribution in [-0.4, -0.2) is 26.7 Å². The summed E-state index contributed by atoms with van der Waals surface area (Å²) in [6.45, 7) is 0.651. The molecule has 0 bridgehead atoms. The van der Waals surface area contributed by atoms with Gasteiger partial charge >= 0.3 is 6.03 Å². The fourth-order valence-electron chi connectivity index (χ4n) is 3.52. The number of benzene rings is 2. The lowest BCUT2D eigenvalue weighted by Crippen LogP contribution is -2.42. The molecule has 2 heterocycles. The summed E-state index contributed by atoms with van der Waals surface area (Å²) in [6, 6.07) is 14.4. The van der Waals surface area contributed by atoms with E-state index in [1.54, 1.807) is 23.1 Å². The zero-order valence-electron chi connectivity index (χ0n) is 13.1. The van der Waals surface area contributed by atoms with E-state index in [9.17, 15) is 13.2 Å². The third-order valence-corrected chi connectivity index (χ3v) is 6.55. The van der Waals surface area contributed by atoms with Crippen molar-refractivity contribution in [2.75, 3.05) is 17.2 Å². The smallest absolute Gasteiger partial charge is 0.322 e. The fourth-order valence-corrected chi connectivity index (χ4v) is 5.14. The van der Waals surface area contributed by atoms with Crippen molar-refractivity contribution in [3.05, 3.63) is 59.7 Å². The number of urea groups is 1. The van der Waals surface area contributed by atoms with E-state index in [2.05, 4.69) is 5.32 Å². The number of rotatable bonds is 1. The van der Waals surface area contributed by atoms with Crippen LogP contribution in [-0.2, 0) is 16.3 Å². The molecule has 2 aromatic rings. The maximum absolute atomic E-state index is 12.7. The van der Waals surface area contributed by atoms with Gasteiger partial charge in [-0.15, -0.1) is 0 Å². The van der Waals surface area contributed by atoms with E-state index in [1.165, 1.54) is 5.56 Å². The molecule has 0 saturated carbocycles. The Morgan fingerprint density at radius 2 is 1.83 bits per heavy atom. The summed E-state index contributed by atoms with van der Waals surface area (Å²) in [7, 11) is -3.24. The van der Waals surface area contributed by atoms with E-state index in [-0.39, 0.29) is 17.8 Å². The Labute approximate surface area is 141 Å². The fraction of sp³-hybridized carbons (Fsp3) is 0.278. The molecule has 24 heavy (non-hydrogen) atoms. The minimum absolute atomic E-state index is 0.0611. The molecule has 0 spiro atoms. The predicted octanol–water partition coefficient (Wildman–Crippen LogP) is 2.68. The Morgan fingerprint density at radius 1 is 1.08 bits per heavy atom. The number of carbonyl (C=O) groups excluding carboxylic acids is 1. The number of carbonyl (C=O) groups is 1. The third-order valence-electron chi connectivity index (χ3n) is 4.73. The molecule has 4 rings (SSSR count). The van der Waals surface area contributed by atoms with Crippen LogP contribution in [0.5, 0.6) is 0 Å². The van der Waals surface area contributed by atoms with Crippen molar-refractivity contribution in [2.24, 2.45) is 0 Å². The quantitative estimate of drug-likeness (QED) is 0.866. The molecule has 2 aliphatic rings. The number of fused-ring (bicyclic) bond motifs is 2. The van der Waals surface area contributed by atoms with E-state index < -0.39 is 9.84 Å². The highest BCUT2D eigenvalue weighted by Crippen LogP contribution is 2.33. The van der Waals surface area contributed by atoms with Gasteiger partial charge in [0.2, 0.25) is 0 Å². The van der Waals surface area contributed by atoms with E-state index in [1.807, 2.05) is 30.3 Å². The monoisotopic (exact) mass is 342 g/mol. The molecule has 124 valence electrons. The highest BCUT2D eigenvalue weighted by molar-refractivity contribution is 7.91. The average molecular weight is 342 g/mol. The highest BCUT2D eigenvalue weighted by atomic mass is 32.2. The molecule has 0 unspecified atom stereocenters. The molecule has 1 atom stereocenters. The molecule has 0 aromatic heterocycles. The van der Waals surface area contributed by atoms with Crippen LogP contribution >= 0.6 is 0 Å². The second kappa shape index (κ2) is 5.63. The normalized spacial score (nSPS) is 21.0. The minimum atomic E-state index is -3.24. The van der Waals surface area contributed by atoms with Crippen molar-refractivity contribution in [1.82, 2.24) is 5.32 Å². The van der Waals surface area contributed by atoms with Crippen LogP contribution in [0.3, 0.4) is 0 Å². The molecule has 2 amide bonds. The standard InChI is InChI=1S/C18H18N2O3S/c21-18(20-11-9-13-5-1-3-7-16(13)20)19-15-10-12-24(22,23)17-8-4-2-6-14(15)17/h1-8,15H,9-12H2,(H,19,21)/t15-/m1/s1. The van der Waals surface area contributed by atoms with Crippen molar-refractivity contribution in [3.8, 4) is 0 Å². The Balaban J connectivity index is 1.60. The van der Waals surface area contributed by atoms with Crippen molar-refractivity contribution >= 4 is 21.6 Å². The van der Waals surface area contributed by atoms with Gasteiger partial charge in [-0.05, 0) is 36.1 Å². The average Bonchev–Trinajstić information content (AvgIpc) is 3.02. The van der Waals surface area contributed by atoms with Gasteiger partial charge in [0.1, 0.15) is 0 Å². The predicted molar refractivity (Wildman–Crippen MR) is 91.9 cm³/mol. The second-order valence-corrected chi connectivity index (χ2v) is 8.26. The number of hydrogen-bond acceptors (Lipinski definition) is 3. The number of anilines is 1. The lowest BCUT2D eigenvalue weighted by molar-refractivity contribution is 0.242. The largest absolute Gasteiger partial charge is 0.331 e. The van der Waals surface area contributed by atoms with Gasteiger partial charge in [-0.3, -0.25) is 4.90 Å². The summed E-state index contributed by atoms with van der Waals surface area (Å²) in [6.07, 6.45) is 1.25. The first-order chi connectivity index (χ1) is 11.6. The maximum Gasteiger partial charge on any atom is 0.322 e. The molecule has 1 N–H and O–H groups in total. The molecule has 2 aromatic carbocycles. The highest BCUT2D eigenvalue weighted by Gasteiger charge is 2.32. The van der Waals surface area contributed by atoms with Gasteiger partial charge in [-0.25, -0.2) is 13.2 Å². The Bertz CT molecular complexity index is 908. The zero-order chi connectivity index (χ0) is 16.7. The number of sulfone groups is 1. The summed E-state index contributed by atoms with van der Waals surface area (Å²) in [5.74, 6) is 0.0611. The van der Waals surface area contributed by atoms with Crippen LogP contribution in [0.1, 0.15) is 23.6 Å². The second-order valence-electron chi connectivity index (χ2n) is 6.18. The molecular formula is C18H18N2O3S. The van der Waals surface area contributed by atoms with Gasteiger partial charge in [0, 0.05) is 12.2 Å². The Kier molecular flexibility index (Phi) is 3.57. The number of nitrogens with zero attached hydrogens (tertiary/aromatic N) is 1. The lowest BCUT2D eigenvalue weighted by Gasteiger charge is -2.28. The topological polar surface area (TPSA) is 66.5 Å². The summed E-state index contributed by atoms with van der Waals surface area (Å²) in [5, 5.41) is 3.02. The van der Waals surface area contributed by atoms with E-state index in [4.69, 9.17) is 0 Å². The number of para-hydroxylation sites is 1. The molecule has 0 saturated heterocycles. The molecule has 0 fully saturated rings. The van der Waals surface area contributed by atoms with Gasteiger partial charge in [-0.1, -0.05) is 36.4 Å². The van der Waals surface area contributed by atoms with Crippen LogP contribution in [0.25, 0.3) is 0 Å². The van der Waals surface area contributed by atoms with Crippen molar-refractivity contribution in [1.29, 1.82) is 0 Å². The SMILES string of the molecule is O=C(N[C@@H]1CCS(=O)(=O)c2ccccc21)N1CCc2ccccc21. The Hall–Kier alpha value is -2.34. The molecule has 0 aliphatic carbocycles. The third kappa shape index (κ3) is 2.47. The lowest BCUT2D eigenvalue weighted by atomic mass is 10.0. The van der Waals surface area contributed by atoms with Gasteiger partial charge in [-0.2, -0.15) is 0 Å². The number of hydrogen-bond donors (Lipinski definition) is 1. The summed E-state index contributed by atoms with van der Waals surface area (Å²) in [5.41, 5.74) is 2.79. The van der Waals surface area contributed by atoms with E-state index in [0.717, 1.165) is 12.1 Å². The molecule has 0 radical (unpaired) electrons. The minimum Gasteiger partial charge on any atom is -0.331 e. The zero-order valence-corrected chi connectivity index (χ0v) is 13.9. The van der Waals surface area contributed by atoms with Crippen molar-refractivity contribution in [2.45, 2.75) is 23.8 Å². The maximum atomic E-state index is 12.7. The van der Waals surface area contributed by atoms with Crippen molar-refractivity contribution < 1.29 is 13.2 Å². The molecular weight excluding hydrogens is 324 g/mol. The van der Waals surface area contributed by atoms with E-state index >= 15 is 0 Å². The van der Waals surface area contributed by atoms with Crippen molar-refractivity contribution in [3.63, 3.8) is 0 Å². The van der Waals surface area contributed by atoms with Crippen LogP contribution < -0.4 is 10.2 Å². The first-order valence-electron chi connectivity index (χ1n) is 8.04. The van der Waals surface area contributed by atoms with Crippen LogP contribution in [0, 0.1) is 0 Å². The number of amides is 2. The summed E-state index contributed by atoms with van der Waals surface area (Å²) in [4.78, 5) is 14.8. The van der Waals surface area contributed by atoms with Gasteiger partial charge in [0.25, 0.3) is 0 Å². The van der Waals surface area contributed by atoms with Crippen LogP contribution in [0.4, 0.5) is 10.5 Å². The summed E-state index contributed by atoms with van der Waals surface area (Å²) >= 11 is 0. The first kappa shape index (κ1) is 15.2. The number of nitrogens with one attached hydrogen (secondary N) is 1. The van der Waals surface area contributed by atoms with Crippen LogP contribution in [0.15, 0.2) is 53.4 Å². The van der Waals surface area contributed by atoms with Gasteiger partial charge < -0.3 is 5.32 Å². The summed E-state index contributed by atoms with van der Waals surface area (Å²) < 4.78 is 24.4. The van der Waals surface area contributed by atoms with Gasteiger partial charge in [0.15, 0.2) is 9.84 Å². The first-order valence-corrected chi connectivity index (χ1v) is 9.69. The van der Waals surface area contributed by atoms with Crippen LogP contribution in [0.2, 0.25) is 0 Å². The molecule has 5 nitrogen and oxygen atoms in total.